The van der Waals surface area contributed by atoms with Crippen molar-refractivity contribution < 1.29 is 13.9 Å². The van der Waals surface area contributed by atoms with Crippen molar-refractivity contribution >= 4 is 43.5 Å². The van der Waals surface area contributed by atoms with Gasteiger partial charge in [-0.3, -0.25) is 4.90 Å². The molecule has 0 spiro atoms. The van der Waals surface area contributed by atoms with E-state index in [1.807, 2.05) is 59.5 Å². The van der Waals surface area contributed by atoms with Gasteiger partial charge in [-0.15, -0.1) is 0 Å². The monoisotopic (exact) mass is 469 g/mol. The van der Waals surface area contributed by atoms with Crippen LogP contribution in [0.3, 0.4) is 0 Å². The lowest BCUT2D eigenvalue weighted by atomic mass is 9.94. The highest BCUT2D eigenvalue weighted by Gasteiger charge is 2.41. The fourth-order valence-electron chi connectivity index (χ4n) is 3.67. The highest BCUT2D eigenvalue weighted by Crippen LogP contribution is 2.51. The molecule has 2 aliphatic heterocycles. The maximum absolute atomic E-state index is 14.1. The van der Waals surface area contributed by atoms with E-state index in [0.717, 1.165) is 26.0 Å². The zero-order chi connectivity index (χ0) is 18.5. The third-order valence-electron chi connectivity index (χ3n) is 4.85. The molecule has 5 heteroatoms. The molecule has 0 saturated carbocycles. The molecule has 2 heterocycles. The molecule has 0 aliphatic carbocycles. The topological polar surface area (TPSA) is 29.5 Å². The Hall–Kier alpha value is -2.67. The Kier molecular flexibility index (Phi) is 3.79. The minimum atomic E-state index is -0.628. The molecule has 0 aromatic heterocycles. The molecule has 0 N–H and O–H groups in total. The van der Waals surface area contributed by atoms with Crippen molar-refractivity contribution in [2.24, 2.45) is 0 Å². The van der Waals surface area contributed by atoms with Gasteiger partial charge in [0, 0.05) is 9.14 Å². The molecule has 3 aromatic rings. The van der Waals surface area contributed by atoms with Gasteiger partial charge in [-0.1, -0.05) is 54.6 Å². The molecule has 2 aliphatic rings. The third kappa shape index (κ3) is 2.49. The number of carbonyl (C=O) groups excluding carboxylic acids is 1. The van der Waals surface area contributed by atoms with Crippen LogP contribution in [0.15, 0.2) is 72.8 Å². The Morgan fingerprint density at radius 1 is 0.926 bits per heavy atom. The number of hydrogen-bond acceptors (Lipinski definition) is 3. The van der Waals surface area contributed by atoms with E-state index in [1.165, 1.54) is 18.2 Å². The van der Waals surface area contributed by atoms with Gasteiger partial charge in [0.15, 0.2) is 0 Å². The van der Waals surface area contributed by atoms with Gasteiger partial charge in [0.2, 0.25) is 6.23 Å². The highest BCUT2D eigenvalue weighted by atomic mass is 127. The first-order valence-corrected chi connectivity index (χ1v) is 9.57. The molecule has 3 nitrogen and oxygen atoms in total. The average Bonchev–Trinajstić information content (AvgIpc) is 2.70. The van der Waals surface area contributed by atoms with Crippen molar-refractivity contribution in [1.29, 1.82) is 0 Å². The van der Waals surface area contributed by atoms with Crippen LogP contribution < -0.4 is 4.90 Å². The summed E-state index contributed by atoms with van der Waals surface area (Å²) in [5.74, 6) is -0.825. The Morgan fingerprint density at radius 2 is 1.67 bits per heavy atom. The van der Waals surface area contributed by atoms with Crippen LogP contribution in [0.1, 0.15) is 33.3 Å². The van der Waals surface area contributed by atoms with E-state index in [4.69, 9.17) is 4.74 Å². The molecule has 5 rings (SSSR count). The lowest BCUT2D eigenvalue weighted by Gasteiger charge is -2.43. The van der Waals surface area contributed by atoms with Crippen LogP contribution in [0.5, 0.6) is 0 Å². The number of fused-ring (bicyclic) bond motifs is 5. The number of nitrogens with zero attached hydrogens (tertiary/aromatic N) is 1. The molecule has 0 radical (unpaired) electrons. The molecule has 0 saturated heterocycles. The average molecular weight is 469 g/mol. The lowest BCUT2D eigenvalue weighted by molar-refractivity contribution is 0.0277. The van der Waals surface area contributed by atoms with Gasteiger partial charge in [-0.25, -0.2) is 9.18 Å². The molecular weight excluding hydrogens is 456 g/mol. The van der Waals surface area contributed by atoms with Crippen LogP contribution >= 0.6 is 22.6 Å². The van der Waals surface area contributed by atoms with Crippen LogP contribution in [0.25, 0.3) is 9.28 Å². The first-order chi connectivity index (χ1) is 13.1. The summed E-state index contributed by atoms with van der Waals surface area (Å²) in [7, 11) is 0. The number of esters is 1. The van der Waals surface area contributed by atoms with Crippen molar-refractivity contribution in [3.63, 3.8) is 0 Å². The number of rotatable bonds is 1. The molecule has 0 amide bonds. The lowest BCUT2D eigenvalue weighted by Crippen LogP contribution is -2.39. The summed E-state index contributed by atoms with van der Waals surface area (Å²) in [6.07, 6.45) is -0.628. The summed E-state index contributed by atoms with van der Waals surface area (Å²) in [5, 5.41) is 0. The summed E-state index contributed by atoms with van der Waals surface area (Å²) in [4.78, 5) is 14.5. The van der Waals surface area contributed by atoms with E-state index in [2.05, 4.69) is 22.6 Å². The minimum absolute atomic E-state index is 0.365. The first-order valence-electron chi connectivity index (χ1n) is 8.49. The fraction of sp³-hybridized carbons (Fsp3) is 0.0455. The van der Waals surface area contributed by atoms with Crippen LogP contribution in [0.2, 0.25) is 0 Å². The Bertz CT molecular complexity index is 1110. The maximum atomic E-state index is 14.1. The van der Waals surface area contributed by atoms with Gasteiger partial charge in [-0.05, 0) is 51.9 Å². The van der Waals surface area contributed by atoms with Gasteiger partial charge < -0.3 is 4.74 Å². The van der Waals surface area contributed by atoms with Crippen LogP contribution in [0, 0.1) is 5.82 Å². The summed E-state index contributed by atoms with van der Waals surface area (Å²) < 4.78 is 20.9. The van der Waals surface area contributed by atoms with Crippen molar-refractivity contribution in [1.82, 2.24) is 0 Å². The predicted molar refractivity (Wildman–Crippen MR) is 111 cm³/mol. The molecule has 27 heavy (non-hydrogen) atoms. The number of halogens is 2. The second kappa shape index (κ2) is 6.20. The van der Waals surface area contributed by atoms with Crippen LogP contribution in [0.4, 0.5) is 10.1 Å². The number of anilines is 1. The summed E-state index contributed by atoms with van der Waals surface area (Å²) >= 11 is 2.32. The zero-order valence-corrected chi connectivity index (χ0v) is 16.2. The molecule has 1 unspecified atom stereocenters. The smallest absolute Gasteiger partial charge is 0.342 e. The molecule has 0 bridgehead atoms. The summed E-state index contributed by atoms with van der Waals surface area (Å²) in [6, 6.07) is 21.9. The first kappa shape index (κ1) is 16.5. The molecule has 132 valence electrons. The predicted octanol–water partition coefficient (Wildman–Crippen LogP) is 5.78. The highest BCUT2D eigenvalue weighted by molar-refractivity contribution is 14.1. The Labute approximate surface area is 169 Å². The van der Waals surface area contributed by atoms with Crippen molar-refractivity contribution in [2.75, 3.05) is 4.90 Å². The Balaban J connectivity index is 1.85. The van der Waals surface area contributed by atoms with E-state index in [1.54, 1.807) is 0 Å². The fourth-order valence-corrected chi connectivity index (χ4v) is 4.73. The van der Waals surface area contributed by atoms with Gasteiger partial charge in [0.25, 0.3) is 0 Å². The number of hydrogen-bond donors (Lipinski definition) is 0. The number of benzene rings is 3. The summed E-state index contributed by atoms with van der Waals surface area (Å²) in [6.45, 7) is 0. The summed E-state index contributed by atoms with van der Waals surface area (Å²) in [5.41, 5.74) is 4.69. The van der Waals surface area contributed by atoms with E-state index >= 15 is 0 Å². The zero-order valence-electron chi connectivity index (χ0n) is 14.0. The van der Waals surface area contributed by atoms with Gasteiger partial charge in [0.05, 0.1) is 16.9 Å². The maximum Gasteiger partial charge on any atom is 0.342 e. The van der Waals surface area contributed by atoms with Crippen LogP contribution in [-0.2, 0) is 4.74 Å². The SMILES string of the molecule is O=C1OC2c3ccccc3C(I)=C(c3ccccc3)N2c2cc(F)ccc21. The van der Waals surface area contributed by atoms with Crippen molar-refractivity contribution in [3.05, 3.63) is 101 Å². The Morgan fingerprint density at radius 3 is 2.48 bits per heavy atom. The third-order valence-corrected chi connectivity index (χ3v) is 5.94. The largest absolute Gasteiger partial charge is 0.433 e. The molecule has 1 atom stereocenters. The molecule has 3 aromatic carbocycles. The standard InChI is InChI=1S/C22H13FINO2/c23-14-10-11-17-18(12-14)25-20(13-6-2-1-3-7-13)19(24)15-8-4-5-9-16(15)21(25)27-22(17)26/h1-12,21H. The minimum Gasteiger partial charge on any atom is -0.433 e. The van der Waals surface area contributed by atoms with Crippen molar-refractivity contribution in [3.8, 4) is 0 Å². The van der Waals surface area contributed by atoms with E-state index < -0.39 is 12.2 Å². The van der Waals surface area contributed by atoms with Gasteiger partial charge in [-0.2, -0.15) is 0 Å². The number of carbonyl (C=O) groups is 1. The second-order valence-electron chi connectivity index (χ2n) is 6.41. The molecule has 0 fully saturated rings. The second-order valence-corrected chi connectivity index (χ2v) is 7.48. The van der Waals surface area contributed by atoms with E-state index in [9.17, 15) is 9.18 Å². The quantitative estimate of drug-likeness (QED) is 0.335. The normalized spacial score (nSPS) is 17.8. The van der Waals surface area contributed by atoms with Crippen molar-refractivity contribution in [2.45, 2.75) is 6.23 Å². The van der Waals surface area contributed by atoms with Gasteiger partial charge >= 0.3 is 5.97 Å². The van der Waals surface area contributed by atoms with Gasteiger partial charge in [0.1, 0.15) is 5.82 Å². The number of ether oxygens (including phenoxy) is 1. The van der Waals surface area contributed by atoms with E-state index in [0.29, 0.717) is 11.3 Å². The van der Waals surface area contributed by atoms with Crippen LogP contribution in [-0.4, -0.2) is 5.97 Å². The van der Waals surface area contributed by atoms with E-state index in [-0.39, 0.29) is 5.82 Å². The molecular formula is C22H13FINO2.